The van der Waals surface area contributed by atoms with Gasteiger partial charge in [0, 0.05) is 17.8 Å². The molecular formula is C20H22FN2O3PS. The molecule has 0 radical (unpaired) electrons. The first-order chi connectivity index (χ1) is 13.3. The molecule has 1 aromatic heterocycles. The van der Waals surface area contributed by atoms with Crippen molar-refractivity contribution in [2.24, 2.45) is 0 Å². The Morgan fingerprint density at radius 1 is 1.14 bits per heavy atom. The first-order valence-corrected chi connectivity index (χ1v) is 11.4. The van der Waals surface area contributed by atoms with Crippen molar-refractivity contribution >= 4 is 34.8 Å². The molecule has 0 spiro atoms. The zero-order chi connectivity index (χ0) is 20.3. The second-order valence-corrected chi connectivity index (χ2v) is 9.78. The standard InChI is InChI=1S/C20H22FN2O3PS/c1-13(2)23-27(25,26-16-7-5-4-6-8-16)19(21)14-9-10-17-15(11-14)12-18(28-17)20(24)22-3/h4-13,19H,1-3H3,(H,22,24)(H,23,25). The van der Waals surface area contributed by atoms with Gasteiger partial charge in [-0.1, -0.05) is 24.3 Å². The fourth-order valence-corrected chi connectivity index (χ4v) is 5.75. The van der Waals surface area contributed by atoms with E-state index in [1.54, 1.807) is 75.5 Å². The number of halogens is 1. The number of para-hydroxylation sites is 1. The number of hydrogen-bond acceptors (Lipinski definition) is 4. The van der Waals surface area contributed by atoms with Gasteiger partial charge in [-0.2, -0.15) is 0 Å². The molecule has 2 atom stereocenters. The number of amides is 1. The predicted molar refractivity (Wildman–Crippen MR) is 112 cm³/mol. The lowest BCUT2D eigenvalue weighted by atomic mass is 10.2. The van der Waals surface area contributed by atoms with E-state index in [4.69, 9.17) is 4.52 Å². The van der Waals surface area contributed by atoms with Gasteiger partial charge in [0.1, 0.15) is 5.75 Å². The molecule has 0 bridgehead atoms. The van der Waals surface area contributed by atoms with Gasteiger partial charge < -0.3 is 9.84 Å². The molecular weight excluding hydrogens is 398 g/mol. The van der Waals surface area contributed by atoms with Crippen molar-refractivity contribution in [3.8, 4) is 5.75 Å². The average molecular weight is 420 g/mol. The predicted octanol–water partition coefficient (Wildman–Crippen LogP) is 5.50. The van der Waals surface area contributed by atoms with Gasteiger partial charge >= 0.3 is 7.52 Å². The minimum atomic E-state index is -3.90. The third-order valence-corrected chi connectivity index (χ3v) is 7.36. The Balaban J connectivity index is 1.96. The zero-order valence-electron chi connectivity index (χ0n) is 15.8. The van der Waals surface area contributed by atoms with Crippen LogP contribution in [0.2, 0.25) is 0 Å². The molecule has 3 rings (SSSR count). The van der Waals surface area contributed by atoms with Gasteiger partial charge in [0.25, 0.3) is 5.91 Å². The SMILES string of the molecule is CNC(=O)c1cc2cc(C(F)P(=O)(NC(C)C)Oc3ccccc3)ccc2s1. The smallest absolute Gasteiger partial charge is 0.355 e. The lowest BCUT2D eigenvalue weighted by molar-refractivity contribution is 0.0967. The summed E-state index contributed by atoms with van der Waals surface area (Å²) in [5.74, 6) is -1.72. The molecule has 2 unspecified atom stereocenters. The minimum absolute atomic E-state index is 0.195. The Morgan fingerprint density at radius 3 is 2.50 bits per heavy atom. The fourth-order valence-electron chi connectivity index (χ4n) is 2.78. The lowest BCUT2D eigenvalue weighted by Crippen LogP contribution is -2.24. The van der Waals surface area contributed by atoms with E-state index < -0.39 is 13.4 Å². The molecule has 1 amide bonds. The van der Waals surface area contributed by atoms with Crippen molar-refractivity contribution in [3.63, 3.8) is 0 Å². The van der Waals surface area contributed by atoms with Gasteiger partial charge in [0.15, 0.2) is 0 Å². The van der Waals surface area contributed by atoms with E-state index in [9.17, 15) is 9.36 Å². The number of carbonyl (C=O) groups excluding carboxylic acids is 1. The second-order valence-electron chi connectivity index (χ2n) is 6.61. The summed E-state index contributed by atoms with van der Waals surface area (Å²) >= 11 is 1.32. The lowest BCUT2D eigenvalue weighted by Gasteiger charge is -2.25. The maximum Gasteiger partial charge on any atom is 0.355 e. The fraction of sp³-hybridized carbons (Fsp3) is 0.250. The number of rotatable bonds is 7. The van der Waals surface area contributed by atoms with Crippen LogP contribution in [0.1, 0.15) is 35.0 Å². The molecule has 0 aliphatic carbocycles. The van der Waals surface area contributed by atoms with Gasteiger partial charge in [-0.25, -0.2) is 9.48 Å². The van der Waals surface area contributed by atoms with Crippen molar-refractivity contribution < 1.29 is 18.3 Å². The summed E-state index contributed by atoms with van der Waals surface area (Å²) in [6.07, 6.45) is 0. The molecule has 8 heteroatoms. The molecule has 0 aliphatic heterocycles. The van der Waals surface area contributed by atoms with Gasteiger partial charge in [-0.05, 0) is 55.1 Å². The Kier molecular flexibility index (Phi) is 6.18. The normalized spacial score (nSPS) is 14.6. The molecule has 0 fully saturated rings. The number of alkyl halides is 1. The third kappa shape index (κ3) is 4.43. The quantitative estimate of drug-likeness (QED) is 0.496. The number of carbonyl (C=O) groups is 1. The number of hydrogen-bond donors (Lipinski definition) is 2. The van der Waals surface area contributed by atoms with Crippen molar-refractivity contribution in [2.75, 3.05) is 7.05 Å². The number of thiophene rings is 1. The Hall–Kier alpha value is -2.21. The molecule has 0 saturated heterocycles. The highest BCUT2D eigenvalue weighted by atomic mass is 32.1. The molecule has 5 nitrogen and oxygen atoms in total. The van der Waals surface area contributed by atoms with Crippen LogP contribution in [0.25, 0.3) is 10.1 Å². The van der Waals surface area contributed by atoms with Crippen LogP contribution in [0.5, 0.6) is 5.75 Å². The molecule has 0 aliphatic rings. The van der Waals surface area contributed by atoms with Crippen LogP contribution in [0, 0.1) is 0 Å². The number of nitrogens with one attached hydrogen (secondary N) is 2. The zero-order valence-corrected chi connectivity index (χ0v) is 17.5. The first kappa shape index (κ1) is 20.5. The van der Waals surface area contributed by atoms with Crippen molar-refractivity contribution in [1.82, 2.24) is 10.4 Å². The van der Waals surface area contributed by atoms with Crippen LogP contribution < -0.4 is 14.9 Å². The molecule has 1 heterocycles. The summed E-state index contributed by atoms with van der Waals surface area (Å²) in [5, 5.41) is 6.08. The van der Waals surface area contributed by atoms with Crippen LogP contribution in [0.15, 0.2) is 54.6 Å². The maximum atomic E-state index is 15.5. The molecule has 3 aromatic rings. The molecule has 28 heavy (non-hydrogen) atoms. The van der Waals surface area contributed by atoms with Crippen LogP contribution in [0.3, 0.4) is 0 Å². The second kappa shape index (κ2) is 8.43. The van der Waals surface area contributed by atoms with Crippen LogP contribution in [0.4, 0.5) is 4.39 Å². The van der Waals surface area contributed by atoms with E-state index in [1.807, 2.05) is 0 Å². The van der Waals surface area contributed by atoms with Gasteiger partial charge in [0.05, 0.1) is 4.88 Å². The van der Waals surface area contributed by atoms with Crippen molar-refractivity contribution in [2.45, 2.75) is 25.8 Å². The Morgan fingerprint density at radius 2 is 1.86 bits per heavy atom. The maximum absolute atomic E-state index is 15.5. The summed E-state index contributed by atoms with van der Waals surface area (Å²) < 4.78 is 35.3. The summed E-state index contributed by atoms with van der Waals surface area (Å²) in [6.45, 7) is 3.57. The minimum Gasteiger partial charge on any atom is -0.431 e. The van der Waals surface area contributed by atoms with Gasteiger partial charge in [-0.15, -0.1) is 11.3 Å². The van der Waals surface area contributed by atoms with Crippen LogP contribution in [-0.2, 0) is 4.57 Å². The summed E-state index contributed by atoms with van der Waals surface area (Å²) in [5.41, 5.74) is 0.237. The first-order valence-electron chi connectivity index (χ1n) is 8.84. The highest BCUT2D eigenvalue weighted by Crippen LogP contribution is 2.57. The van der Waals surface area contributed by atoms with E-state index in [1.165, 1.54) is 11.3 Å². The third-order valence-electron chi connectivity index (χ3n) is 3.99. The highest BCUT2D eigenvalue weighted by molar-refractivity contribution is 7.57. The largest absolute Gasteiger partial charge is 0.431 e. The average Bonchev–Trinajstić information content (AvgIpc) is 3.10. The summed E-state index contributed by atoms with van der Waals surface area (Å²) in [4.78, 5) is 12.4. The number of benzene rings is 2. The van der Waals surface area contributed by atoms with E-state index in [-0.39, 0.29) is 17.5 Å². The topological polar surface area (TPSA) is 67.4 Å². The summed E-state index contributed by atoms with van der Waals surface area (Å²) in [7, 11) is -2.34. The van der Waals surface area contributed by atoms with Crippen molar-refractivity contribution in [3.05, 3.63) is 65.0 Å². The van der Waals surface area contributed by atoms with E-state index in [0.717, 1.165) is 10.1 Å². The van der Waals surface area contributed by atoms with Crippen LogP contribution in [-0.4, -0.2) is 19.0 Å². The van der Waals surface area contributed by atoms with Crippen molar-refractivity contribution in [1.29, 1.82) is 0 Å². The van der Waals surface area contributed by atoms with E-state index in [2.05, 4.69) is 10.4 Å². The van der Waals surface area contributed by atoms with Crippen LogP contribution >= 0.6 is 18.9 Å². The Bertz CT molecular complexity index is 1020. The molecule has 148 valence electrons. The molecule has 2 aromatic carbocycles. The van der Waals surface area contributed by atoms with E-state index in [0.29, 0.717) is 10.6 Å². The summed E-state index contributed by atoms with van der Waals surface area (Å²) in [6, 6.07) is 14.9. The highest BCUT2D eigenvalue weighted by Gasteiger charge is 2.38. The van der Waals surface area contributed by atoms with E-state index >= 15 is 4.39 Å². The molecule has 2 N–H and O–H groups in total. The monoisotopic (exact) mass is 420 g/mol. The van der Waals surface area contributed by atoms with Gasteiger partial charge in [-0.3, -0.25) is 9.36 Å². The van der Waals surface area contributed by atoms with Gasteiger partial charge in [0.2, 0.25) is 5.91 Å². The number of fused-ring (bicyclic) bond motifs is 1. The Labute approximate surface area is 167 Å². The molecule has 0 saturated carbocycles.